The van der Waals surface area contributed by atoms with Crippen LogP contribution in [0.2, 0.25) is 0 Å². The highest BCUT2D eigenvalue weighted by atomic mass is 32.2. The van der Waals surface area contributed by atoms with Crippen LogP contribution in [0.25, 0.3) is 10.9 Å². The normalized spacial score (nSPS) is 11.8. The average molecular weight is 357 g/mol. The van der Waals surface area contributed by atoms with Gasteiger partial charge in [0.15, 0.2) is 0 Å². The van der Waals surface area contributed by atoms with E-state index in [2.05, 4.69) is 9.71 Å². The average Bonchev–Trinajstić information content (AvgIpc) is 2.63. The van der Waals surface area contributed by atoms with Gasteiger partial charge in [-0.15, -0.1) is 0 Å². The zero-order valence-corrected chi connectivity index (χ0v) is 14.9. The number of nitrogens with one attached hydrogen (secondary N) is 1. The Hall–Kier alpha value is -2.51. The largest absolute Gasteiger partial charge is 0.298 e. The molecule has 0 spiro atoms. The zero-order chi connectivity index (χ0) is 18.0. The van der Waals surface area contributed by atoms with Gasteiger partial charge >= 0.3 is 0 Å². The molecule has 0 aliphatic rings. The number of nitrogens with zero attached hydrogens (tertiary/aromatic N) is 2. The van der Waals surface area contributed by atoms with Crippen molar-refractivity contribution >= 4 is 20.9 Å². The highest BCUT2D eigenvalue weighted by molar-refractivity contribution is 7.89. The minimum atomic E-state index is -3.67. The Kier molecular flexibility index (Phi) is 4.69. The Bertz CT molecular complexity index is 1070. The summed E-state index contributed by atoms with van der Waals surface area (Å²) in [5, 5.41) is 0.506. The fourth-order valence-corrected chi connectivity index (χ4v) is 3.55. The van der Waals surface area contributed by atoms with Crippen molar-refractivity contribution in [3.05, 3.63) is 70.3 Å². The van der Waals surface area contributed by atoms with Gasteiger partial charge in [0.25, 0.3) is 5.56 Å². The lowest BCUT2D eigenvalue weighted by Gasteiger charge is -2.11. The van der Waals surface area contributed by atoms with Gasteiger partial charge in [0.05, 0.1) is 22.3 Å². The van der Waals surface area contributed by atoms with Crippen LogP contribution >= 0.6 is 0 Å². The molecule has 0 saturated heterocycles. The van der Waals surface area contributed by atoms with E-state index in [-0.39, 0.29) is 17.0 Å². The molecule has 0 aliphatic carbocycles. The molecule has 0 atom stereocenters. The summed E-state index contributed by atoms with van der Waals surface area (Å²) in [5.41, 5.74) is 1.41. The third-order valence-electron chi connectivity index (χ3n) is 4.14. The lowest BCUT2D eigenvalue weighted by Crippen LogP contribution is -2.29. The maximum absolute atomic E-state index is 12.4. The molecule has 0 aliphatic heterocycles. The van der Waals surface area contributed by atoms with E-state index in [1.807, 2.05) is 6.92 Å². The SMILES string of the molecule is CCc1ccc(S(=O)(=O)NCc2nc3ccccc3c(=O)n2C)cc1. The minimum absolute atomic E-state index is 0.0611. The van der Waals surface area contributed by atoms with E-state index >= 15 is 0 Å². The fraction of sp³-hybridized carbons (Fsp3) is 0.222. The number of rotatable bonds is 5. The Morgan fingerprint density at radius 2 is 1.76 bits per heavy atom. The topological polar surface area (TPSA) is 81.1 Å². The second-order valence-corrected chi connectivity index (χ2v) is 7.50. The molecule has 0 unspecified atom stereocenters. The molecule has 1 N–H and O–H groups in total. The van der Waals surface area contributed by atoms with Gasteiger partial charge in [0.1, 0.15) is 5.82 Å². The molecule has 0 saturated carbocycles. The predicted molar refractivity (Wildman–Crippen MR) is 96.8 cm³/mol. The lowest BCUT2D eigenvalue weighted by atomic mass is 10.2. The molecule has 0 bridgehead atoms. The quantitative estimate of drug-likeness (QED) is 0.757. The molecule has 3 aromatic rings. The van der Waals surface area contributed by atoms with Crippen molar-refractivity contribution in [2.24, 2.45) is 7.05 Å². The first-order valence-electron chi connectivity index (χ1n) is 7.95. The highest BCUT2D eigenvalue weighted by Crippen LogP contribution is 2.12. The molecule has 7 heteroatoms. The second-order valence-electron chi connectivity index (χ2n) is 5.73. The number of hydrogen-bond donors (Lipinski definition) is 1. The van der Waals surface area contributed by atoms with E-state index in [1.54, 1.807) is 55.6 Å². The van der Waals surface area contributed by atoms with Gasteiger partial charge in [-0.25, -0.2) is 18.1 Å². The van der Waals surface area contributed by atoms with Gasteiger partial charge in [-0.2, -0.15) is 0 Å². The summed E-state index contributed by atoms with van der Waals surface area (Å²) < 4.78 is 28.8. The molecule has 1 aromatic heterocycles. The molecule has 2 aromatic carbocycles. The Balaban J connectivity index is 1.88. The van der Waals surface area contributed by atoms with Crippen LogP contribution < -0.4 is 10.3 Å². The maximum atomic E-state index is 12.4. The summed E-state index contributed by atoms with van der Waals surface area (Å²) in [6.45, 7) is 1.95. The molecule has 0 amide bonds. The number of benzene rings is 2. The highest BCUT2D eigenvalue weighted by Gasteiger charge is 2.15. The van der Waals surface area contributed by atoms with Crippen LogP contribution in [0.3, 0.4) is 0 Å². The summed E-state index contributed by atoms with van der Waals surface area (Å²) in [7, 11) is -2.09. The van der Waals surface area contributed by atoms with Crippen molar-refractivity contribution in [1.29, 1.82) is 0 Å². The number of fused-ring (bicyclic) bond motifs is 1. The molecule has 6 nitrogen and oxygen atoms in total. The summed E-state index contributed by atoms with van der Waals surface area (Å²) in [5.74, 6) is 0.359. The van der Waals surface area contributed by atoms with Gasteiger partial charge in [-0.05, 0) is 36.2 Å². The minimum Gasteiger partial charge on any atom is -0.298 e. The monoisotopic (exact) mass is 357 g/mol. The summed E-state index contributed by atoms with van der Waals surface area (Å²) >= 11 is 0. The number of hydrogen-bond acceptors (Lipinski definition) is 4. The number of sulfonamides is 1. The first-order valence-corrected chi connectivity index (χ1v) is 9.44. The molecule has 25 heavy (non-hydrogen) atoms. The van der Waals surface area contributed by atoms with Crippen LogP contribution in [0.5, 0.6) is 0 Å². The van der Waals surface area contributed by atoms with Gasteiger partial charge in [-0.3, -0.25) is 9.36 Å². The molecule has 3 rings (SSSR count). The van der Waals surface area contributed by atoms with Crippen molar-refractivity contribution in [2.45, 2.75) is 24.8 Å². The molecular weight excluding hydrogens is 338 g/mol. The summed E-state index contributed by atoms with van der Waals surface area (Å²) in [4.78, 5) is 16.9. The smallest absolute Gasteiger partial charge is 0.261 e. The van der Waals surface area contributed by atoms with E-state index in [4.69, 9.17) is 0 Å². The van der Waals surface area contributed by atoms with Crippen molar-refractivity contribution in [3.63, 3.8) is 0 Å². The van der Waals surface area contributed by atoms with Crippen molar-refractivity contribution < 1.29 is 8.42 Å². The van der Waals surface area contributed by atoms with Crippen LogP contribution in [-0.4, -0.2) is 18.0 Å². The summed E-state index contributed by atoms with van der Waals surface area (Å²) in [6.07, 6.45) is 0.844. The Morgan fingerprint density at radius 3 is 2.44 bits per heavy atom. The Labute approximate surface area is 146 Å². The standard InChI is InChI=1S/C18H19N3O3S/c1-3-13-8-10-14(11-9-13)25(23,24)19-12-17-20-16-7-5-4-6-15(16)18(22)21(17)2/h4-11,19H,3,12H2,1-2H3. The van der Waals surface area contributed by atoms with Crippen molar-refractivity contribution in [3.8, 4) is 0 Å². The van der Waals surface area contributed by atoms with E-state index in [1.165, 1.54) is 4.57 Å². The van der Waals surface area contributed by atoms with E-state index in [9.17, 15) is 13.2 Å². The van der Waals surface area contributed by atoms with Crippen molar-refractivity contribution in [1.82, 2.24) is 14.3 Å². The van der Waals surface area contributed by atoms with Crippen LogP contribution in [0.4, 0.5) is 0 Å². The molecule has 0 radical (unpaired) electrons. The maximum Gasteiger partial charge on any atom is 0.261 e. The number of para-hydroxylation sites is 1. The molecule has 1 heterocycles. The van der Waals surface area contributed by atoms with Crippen LogP contribution in [0.1, 0.15) is 18.3 Å². The van der Waals surface area contributed by atoms with E-state index in [0.29, 0.717) is 16.7 Å². The molecular formula is C18H19N3O3S. The fourth-order valence-electron chi connectivity index (χ4n) is 2.57. The van der Waals surface area contributed by atoms with Gasteiger partial charge in [-0.1, -0.05) is 31.2 Å². The predicted octanol–water partition coefficient (Wildman–Crippen LogP) is 1.97. The van der Waals surface area contributed by atoms with Crippen LogP contribution in [0.15, 0.2) is 58.2 Å². The lowest BCUT2D eigenvalue weighted by molar-refractivity contribution is 0.576. The van der Waals surface area contributed by atoms with Crippen LogP contribution in [-0.2, 0) is 30.0 Å². The Morgan fingerprint density at radius 1 is 1.08 bits per heavy atom. The first kappa shape index (κ1) is 17.3. The van der Waals surface area contributed by atoms with E-state index < -0.39 is 10.0 Å². The third kappa shape index (κ3) is 3.47. The zero-order valence-electron chi connectivity index (χ0n) is 14.1. The van der Waals surface area contributed by atoms with Gasteiger partial charge in [0, 0.05) is 7.05 Å². The number of aromatic nitrogens is 2. The van der Waals surface area contributed by atoms with E-state index in [0.717, 1.165) is 12.0 Å². The van der Waals surface area contributed by atoms with Crippen LogP contribution in [0, 0.1) is 0 Å². The third-order valence-corrected chi connectivity index (χ3v) is 5.56. The molecule has 0 fully saturated rings. The number of aryl methyl sites for hydroxylation is 1. The van der Waals surface area contributed by atoms with Gasteiger partial charge in [0.2, 0.25) is 10.0 Å². The molecule has 130 valence electrons. The summed E-state index contributed by atoms with van der Waals surface area (Å²) in [6, 6.07) is 13.7. The second kappa shape index (κ2) is 6.78. The first-order chi connectivity index (χ1) is 11.9. The van der Waals surface area contributed by atoms with Crippen molar-refractivity contribution in [2.75, 3.05) is 0 Å². The van der Waals surface area contributed by atoms with Gasteiger partial charge < -0.3 is 0 Å².